The quantitative estimate of drug-likeness (QED) is 0.293. The Bertz CT molecular complexity index is 1450. The van der Waals surface area contributed by atoms with Crippen LogP contribution >= 0.6 is 0 Å². The van der Waals surface area contributed by atoms with E-state index in [-0.39, 0.29) is 11.2 Å². The highest BCUT2D eigenvalue weighted by Gasteiger charge is 2.51. The van der Waals surface area contributed by atoms with E-state index in [0.29, 0.717) is 0 Å². The van der Waals surface area contributed by atoms with Crippen molar-refractivity contribution in [1.82, 2.24) is 9.38 Å². The van der Waals surface area contributed by atoms with Crippen LogP contribution in [0.4, 0.5) is 0 Å². The van der Waals surface area contributed by atoms with Crippen LogP contribution in [0.2, 0.25) is 0 Å². The second-order valence-corrected chi connectivity index (χ2v) is 9.17. The molecule has 1 aliphatic heterocycles. The lowest BCUT2D eigenvalue weighted by molar-refractivity contribution is 0.00578. The van der Waals surface area contributed by atoms with E-state index in [1.54, 1.807) is 0 Å². The first-order valence-electron chi connectivity index (χ1n) is 10.4. The van der Waals surface area contributed by atoms with E-state index in [2.05, 4.69) is 98.8 Å². The SMILES string of the molecule is CC1(C)OB(c2ccc3nc4c5ccccc5c5ccccc5n4c3c2)OC1(C)C. The van der Waals surface area contributed by atoms with Crippen LogP contribution in [0.3, 0.4) is 0 Å². The lowest BCUT2D eigenvalue weighted by atomic mass is 9.79. The van der Waals surface area contributed by atoms with E-state index >= 15 is 0 Å². The highest BCUT2D eigenvalue weighted by molar-refractivity contribution is 6.62. The minimum absolute atomic E-state index is 0.366. The number of imidazole rings is 1. The number of benzene rings is 3. The van der Waals surface area contributed by atoms with Crippen molar-refractivity contribution in [2.75, 3.05) is 0 Å². The molecule has 30 heavy (non-hydrogen) atoms. The number of rotatable bonds is 1. The van der Waals surface area contributed by atoms with Gasteiger partial charge >= 0.3 is 7.12 Å². The summed E-state index contributed by atoms with van der Waals surface area (Å²) in [6, 6.07) is 23.3. The predicted octanol–water partition coefficient (Wildman–Crippen LogP) is 5.09. The first-order chi connectivity index (χ1) is 14.4. The van der Waals surface area contributed by atoms with Crippen LogP contribution in [0.1, 0.15) is 27.7 Å². The summed E-state index contributed by atoms with van der Waals surface area (Å²) < 4.78 is 14.9. The van der Waals surface area contributed by atoms with Crippen LogP contribution in [0, 0.1) is 0 Å². The number of para-hydroxylation sites is 1. The smallest absolute Gasteiger partial charge is 0.399 e. The molecule has 5 heteroatoms. The van der Waals surface area contributed by atoms with Gasteiger partial charge in [0.05, 0.1) is 27.8 Å². The molecule has 0 saturated carbocycles. The standard InChI is InChI=1S/C25H23BN2O2/c1-24(2)25(3,4)30-26(29-24)16-13-14-20-22(15-16)28-21-12-8-7-10-18(21)17-9-5-6-11-19(17)23(28)27-20/h5-15H,1-4H3. The molecule has 0 unspecified atom stereocenters. The molecule has 1 saturated heterocycles. The molecule has 1 aliphatic rings. The predicted molar refractivity (Wildman–Crippen MR) is 123 cm³/mol. The van der Waals surface area contributed by atoms with Gasteiger partial charge in [-0.15, -0.1) is 0 Å². The number of hydrogen-bond donors (Lipinski definition) is 0. The van der Waals surface area contributed by atoms with Crippen molar-refractivity contribution in [2.45, 2.75) is 38.9 Å². The molecule has 3 aromatic carbocycles. The number of aromatic nitrogens is 2. The first kappa shape index (κ1) is 17.9. The van der Waals surface area contributed by atoms with Gasteiger partial charge in [-0.2, -0.15) is 0 Å². The lowest BCUT2D eigenvalue weighted by Crippen LogP contribution is -2.41. The van der Waals surface area contributed by atoms with Crippen LogP contribution in [0.25, 0.3) is 38.4 Å². The fourth-order valence-electron chi connectivity index (χ4n) is 4.45. The molecular formula is C25H23BN2O2. The summed E-state index contributed by atoms with van der Waals surface area (Å²) in [6.45, 7) is 8.33. The Hall–Kier alpha value is -2.89. The molecule has 0 N–H and O–H groups in total. The molecule has 148 valence electrons. The molecule has 6 rings (SSSR count). The molecule has 0 amide bonds. The minimum Gasteiger partial charge on any atom is -0.399 e. The zero-order valence-corrected chi connectivity index (χ0v) is 17.6. The van der Waals surface area contributed by atoms with Crippen LogP contribution in [-0.2, 0) is 9.31 Å². The van der Waals surface area contributed by atoms with Crippen LogP contribution in [-0.4, -0.2) is 27.7 Å². The van der Waals surface area contributed by atoms with Gasteiger partial charge < -0.3 is 9.31 Å². The van der Waals surface area contributed by atoms with Gasteiger partial charge in [0, 0.05) is 10.8 Å². The third kappa shape index (κ3) is 2.33. The van der Waals surface area contributed by atoms with E-state index in [9.17, 15) is 0 Å². The Labute approximate surface area is 175 Å². The lowest BCUT2D eigenvalue weighted by Gasteiger charge is -2.32. The maximum atomic E-state index is 6.29. The third-order valence-corrected chi connectivity index (χ3v) is 6.81. The number of nitrogens with zero attached hydrogens (tertiary/aromatic N) is 2. The Morgan fingerprint density at radius 2 is 1.37 bits per heavy atom. The van der Waals surface area contributed by atoms with E-state index in [0.717, 1.165) is 33.0 Å². The van der Waals surface area contributed by atoms with Crippen molar-refractivity contribution in [2.24, 2.45) is 0 Å². The Balaban J connectivity index is 1.66. The second-order valence-electron chi connectivity index (χ2n) is 9.17. The summed E-state index contributed by atoms with van der Waals surface area (Å²) >= 11 is 0. The van der Waals surface area contributed by atoms with Crippen molar-refractivity contribution < 1.29 is 9.31 Å². The van der Waals surface area contributed by atoms with Gasteiger partial charge in [0.25, 0.3) is 0 Å². The van der Waals surface area contributed by atoms with Crippen LogP contribution < -0.4 is 5.46 Å². The summed E-state index contributed by atoms with van der Waals surface area (Å²) in [4.78, 5) is 5.00. The van der Waals surface area contributed by atoms with Gasteiger partial charge in [-0.25, -0.2) is 4.98 Å². The molecule has 2 aromatic heterocycles. The molecule has 5 aromatic rings. The molecule has 0 aliphatic carbocycles. The summed E-state index contributed by atoms with van der Waals surface area (Å²) in [5.74, 6) is 0. The van der Waals surface area contributed by atoms with Crippen molar-refractivity contribution in [1.29, 1.82) is 0 Å². The summed E-state index contributed by atoms with van der Waals surface area (Å²) in [7, 11) is -0.392. The maximum absolute atomic E-state index is 6.29. The van der Waals surface area contributed by atoms with Gasteiger partial charge in [-0.1, -0.05) is 48.5 Å². The molecule has 3 heterocycles. The van der Waals surface area contributed by atoms with E-state index < -0.39 is 7.12 Å². The Morgan fingerprint density at radius 1 is 0.733 bits per heavy atom. The van der Waals surface area contributed by atoms with Gasteiger partial charge in [-0.3, -0.25) is 4.40 Å². The van der Waals surface area contributed by atoms with E-state index in [1.807, 2.05) is 0 Å². The molecular weight excluding hydrogens is 371 g/mol. The first-order valence-corrected chi connectivity index (χ1v) is 10.4. The molecule has 0 bridgehead atoms. The van der Waals surface area contributed by atoms with Gasteiger partial charge in [0.2, 0.25) is 0 Å². The van der Waals surface area contributed by atoms with Gasteiger partial charge in [0.15, 0.2) is 0 Å². The number of hydrogen-bond acceptors (Lipinski definition) is 3. The van der Waals surface area contributed by atoms with Crippen LogP contribution in [0.15, 0.2) is 66.7 Å². The maximum Gasteiger partial charge on any atom is 0.494 e. The number of fused-ring (bicyclic) bond motifs is 8. The highest BCUT2D eigenvalue weighted by atomic mass is 16.7. The average molecular weight is 394 g/mol. The van der Waals surface area contributed by atoms with E-state index in [4.69, 9.17) is 14.3 Å². The fourth-order valence-corrected chi connectivity index (χ4v) is 4.45. The summed E-state index contributed by atoms with van der Waals surface area (Å²) in [5.41, 5.74) is 4.45. The number of pyridine rings is 1. The Kier molecular flexibility index (Phi) is 3.49. The minimum atomic E-state index is -0.392. The van der Waals surface area contributed by atoms with Crippen molar-refractivity contribution in [3.05, 3.63) is 66.7 Å². The van der Waals surface area contributed by atoms with Gasteiger partial charge in [0.1, 0.15) is 5.65 Å². The molecule has 0 atom stereocenters. The zero-order valence-electron chi connectivity index (χ0n) is 17.6. The van der Waals surface area contributed by atoms with E-state index in [1.165, 1.54) is 10.8 Å². The van der Waals surface area contributed by atoms with Crippen molar-refractivity contribution >= 4 is 50.9 Å². The van der Waals surface area contributed by atoms with Gasteiger partial charge in [-0.05, 0) is 56.7 Å². The Morgan fingerprint density at radius 3 is 2.10 bits per heavy atom. The van der Waals surface area contributed by atoms with Crippen molar-refractivity contribution in [3.8, 4) is 0 Å². The molecule has 0 radical (unpaired) electrons. The summed E-state index contributed by atoms with van der Waals surface area (Å²) in [5, 5.41) is 3.60. The summed E-state index contributed by atoms with van der Waals surface area (Å²) in [6.07, 6.45) is 0. The fraction of sp³-hybridized carbons (Fsp3) is 0.240. The zero-order chi connectivity index (χ0) is 20.7. The molecule has 4 nitrogen and oxygen atoms in total. The highest BCUT2D eigenvalue weighted by Crippen LogP contribution is 2.37. The molecule has 1 fully saturated rings. The average Bonchev–Trinajstić information content (AvgIpc) is 3.22. The largest absolute Gasteiger partial charge is 0.494 e. The third-order valence-electron chi connectivity index (χ3n) is 6.81. The van der Waals surface area contributed by atoms with Crippen LogP contribution in [0.5, 0.6) is 0 Å². The topological polar surface area (TPSA) is 35.8 Å². The second kappa shape index (κ2) is 5.84. The normalized spacial score (nSPS) is 18.2. The van der Waals surface area contributed by atoms with Crippen molar-refractivity contribution in [3.63, 3.8) is 0 Å². The monoisotopic (exact) mass is 394 g/mol. The molecule has 0 spiro atoms.